The first-order valence-electron chi connectivity index (χ1n) is 13.6. The Bertz CT molecular complexity index is 1110. The molecule has 0 saturated heterocycles. The van der Waals surface area contributed by atoms with Crippen LogP contribution in [0.5, 0.6) is 5.75 Å². The predicted octanol–water partition coefficient (Wildman–Crippen LogP) is 6.92. The van der Waals surface area contributed by atoms with Crippen molar-refractivity contribution < 1.29 is 19.7 Å². The van der Waals surface area contributed by atoms with Crippen molar-refractivity contribution >= 4 is 28.6 Å². The Morgan fingerprint density at radius 2 is 1.89 bits per heavy atom. The molecule has 2 aromatic rings. The van der Waals surface area contributed by atoms with E-state index >= 15 is 0 Å². The highest BCUT2D eigenvalue weighted by atomic mass is 32.1. The van der Waals surface area contributed by atoms with Crippen molar-refractivity contribution in [2.45, 2.75) is 89.8 Å². The number of aliphatic hydroxyl groups excluding tert-OH is 1. The summed E-state index contributed by atoms with van der Waals surface area (Å²) in [6.45, 7) is 2.29. The van der Waals surface area contributed by atoms with Gasteiger partial charge in [0, 0.05) is 16.8 Å². The van der Waals surface area contributed by atoms with Crippen LogP contribution in [-0.4, -0.2) is 35.6 Å². The molecule has 0 spiro atoms. The largest absolute Gasteiger partial charge is 0.497 e. The average molecular weight is 510 g/mol. The van der Waals surface area contributed by atoms with E-state index in [1.54, 1.807) is 7.11 Å². The van der Waals surface area contributed by atoms with Crippen molar-refractivity contribution in [2.75, 3.05) is 12.0 Å². The fraction of sp³-hybridized carbons (Fsp3) is 0.567. The van der Waals surface area contributed by atoms with Gasteiger partial charge in [0.15, 0.2) is 0 Å². The first-order valence-corrected chi connectivity index (χ1v) is 14.4. The summed E-state index contributed by atoms with van der Waals surface area (Å²) >= 11 is 1.38. The molecule has 2 unspecified atom stereocenters. The predicted molar refractivity (Wildman–Crippen MR) is 146 cm³/mol. The Kier molecular flexibility index (Phi) is 7.73. The number of carboxylic acid groups (broad SMARTS) is 1. The normalized spacial score (nSPS) is 25.0. The van der Waals surface area contributed by atoms with Gasteiger partial charge < -0.3 is 19.8 Å². The Morgan fingerprint density at radius 3 is 2.58 bits per heavy atom. The third kappa shape index (κ3) is 5.21. The van der Waals surface area contributed by atoms with E-state index in [1.165, 1.54) is 34.5 Å². The smallest absolute Gasteiger partial charge is 0.348 e. The molecule has 2 N–H and O–H groups in total. The number of methoxy groups -OCH3 is 1. The quantitative estimate of drug-likeness (QED) is 0.397. The molecule has 1 saturated carbocycles. The molecule has 3 aliphatic carbocycles. The fourth-order valence-electron chi connectivity index (χ4n) is 6.39. The van der Waals surface area contributed by atoms with Crippen LogP contribution in [-0.2, 0) is 12.8 Å². The number of aryl methyl sites for hydroxylation is 1. The minimum Gasteiger partial charge on any atom is -0.497 e. The van der Waals surface area contributed by atoms with Gasteiger partial charge in [0.25, 0.3) is 0 Å². The van der Waals surface area contributed by atoms with E-state index < -0.39 is 12.2 Å². The number of carboxylic acids is 1. The number of benzene rings is 1. The van der Waals surface area contributed by atoms with E-state index in [9.17, 15) is 15.0 Å². The van der Waals surface area contributed by atoms with Crippen molar-refractivity contribution in [3.8, 4) is 5.75 Å². The van der Waals surface area contributed by atoms with Crippen LogP contribution >= 0.6 is 11.3 Å². The molecular formula is C30H39NO4S. The molecule has 36 heavy (non-hydrogen) atoms. The highest BCUT2D eigenvalue weighted by Gasteiger charge is 2.37. The van der Waals surface area contributed by atoms with Crippen LogP contribution in [0.25, 0.3) is 5.57 Å². The van der Waals surface area contributed by atoms with Crippen LogP contribution in [0.3, 0.4) is 0 Å². The van der Waals surface area contributed by atoms with E-state index in [0.717, 1.165) is 74.8 Å². The minimum atomic E-state index is -0.898. The van der Waals surface area contributed by atoms with E-state index in [-0.39, 0.29) is 12.0 Å². The lowest BCUT2D eigenvalue weighted by molar-refractivity contribution is 0.0628. The van der Waals surface area contributed by atoms with Crippen LogP contribution < -0.4 is 9.64 Å². The van der Waals surface area contributed by atoms with Crippen molar-refractivity contribution in [3.05, 3.63) is 51.2 Å². The molecule has 194 valence electrons. The molecule has 1 aromatic heterocycles. The lowest BCUT2D eigenvalue weighted by Gasteiger charge is -2.44. The summed E-state index contributed by atoms with van der Waals surface area (Å²) in [5.41, 5.74) is 4.53. The van der Waals surface area contributed by atoms with E-state index in [2.05, 4.69) is 36.1 Å². The van der Waals surface area contributed by atoms with E-state index in [4.69, 9.17) is 4.74 Å². The lowest BCUT2D eigenvalue weighted by Crippen LogP contribution is -2.50. The van der Waals surface area contributed by atoms with Gasteiger partial charge in [0.1, 0.15) is 16.9 Å². The number of fused-ring (bicyclic) bond motifs is 1. The molecule has 1 heterocycles. The summed E-state index contributed by atoms with van der Waals surface area (Å²) in [7, 11) is 1.69. The molecule has 0 bridgehead atoms. The van der Waals surface area contributed by atoms with E-state index in [0.29, 0.717) is 16.5 Å². The maximum Gasteiger partial charge on any atom is 0.348 e. The Morgan fingerprint density at radius 1 is 1.08 bits per heavy atom. The van der Waals surface area contributed by atoms with Crippen molar-refractivity contribution in [2.24, 2.45) is 11.8 Å². The molecule has 0 amide bonds. The number of aliphatic hydroxyl groups is 1. The number of thiophene rings is 1. The van der Waals surface area contributed by atoms with Crippen LogP contribution in [0.15, 0.2) is 30.3 Å². The van der Waals surface area contributed by atoms with Gasteiger partial charge in [-0.15, -0.1) is 11.3 Å². The summed E-state index contributed by atoms with van der Waals surface area (Å²) in [5, 5.41) is 22.1. The van der Waals surface area contributed by atoms with Gasteiger partial charge in [-0.05, 0) is 98.6 Å². The first-order chi connectivity index (χ1) is 17.4. The second kappa shape index (κ2) is 11.0. The minimum absolute atomic E-state index is 0.0415. The molecule has 2 atom stereocenters. The Hall–Kier alpha value is -2.31. The number of rotatable bonds is 7. The van der Waals surface area contributed by atoms with Crippen LogP contribution in [0.4, 0.5) is 5.69 Å². The number of ether oxygens (including phenoxy) is 1. The van der Waals surface area contributed by atoms with Gasteiger partial charge in [-0.3, -0.25) is 0 Å². The second-order valence-corrected chi connectivity index (χ2v) is 12.0. The standard InChI is InChI=1S/C30H39NO4S/c1-19-8-10-22(11-9-19)29(32)31(24-14-12-20-13-15-25(35-2)17-23(20)16-24)26-18-27(36-28(26)30(33)34)21-6-4-3-5-7-21/h6,13,15,17-19,22,24,29,32H,3-5,7-12,14,16H2,1-2H3,(H,33,34). The molecule has 6 heteroatoms. The topological polar surface area (TPSA) is 70.0 Å². The summed E-state index contributed by atoms with van der Waals surface area (Å²) in [4.78, 5) is 16.0. The molecule has 5 nitrogen and oxygen atoms in total. The summed E-state index contributed by atoms with van der Waals surface area (Å²) < 4.78 is 5.49. The zero-order valence-corrected chi connectivity index (χ0v) is 22.4. The monoisotopic (exact) mass is 509 g/mol. The second-order valence-electron chi connectivity index (χ2n) is 11.0. The number of hydrogen-bond donors (Lipinski definition) is 2. The van der Waals surface area contributed by atoms with Crippen LogP contribution in [0.2, 0.25) is 0 Å². The van der Waals surface area contributed by atoms with Gasteiger partial charge in [0.2, 0.25) is 0 Å². The Balaban J connectivity index is 1.54. The van der Waals surface area contributed by atoms with Gasteiger partial charge in [-0.2, -0.15) is 0 Å². The molecular weight excluding hydrogens is 470 g/mol. The number of aromatic carboxylic acids is 1. The van der Waals surface area contributed by atoms with E-state index in [1.807, 2.05) is 6.07 Å². The zero-order valence-electron chi connectivity index (χ0n) is 21.5. The molecule has 5 rings (SSSR count). The Labute approximate surface area is 218 Å². The van der Waals surface area contributed by atoms with Crippen LogP contribution in [0.1, 0.15) is 90.4 Å². The SMILES string of the molecule is COc1ccc2c(c1)CC(N(c1cc(C3=CCCCC3)sc1C(=O)O)C(O)C1CCC(C)CC1)CC2. The molecule has 3 aliphatic rings. The molecule has 0 radical (unpaired) electrons. The number of hydrogen-bond acceptors (Lipinski definition) is 5. The van der Waals surface area contributed by atoms with Gasteiger partial charge in [-0.1, -0.05) is 31.9 Å². The third-order valence-electron chi connectivity index (χ3n) is 8.57. The van der Waals surface area contributed by atoms with Gasteiger partial charge in [0.05, 0.1) is 12.8 Å². The molecule has 1 aromatic carbocycles. The van der Waals surface area contributed by atoms with Crippen molar-refractivity contribution in [1.29, 1.82) is 0 Å². The van der Waals surface area contributed by atoms with Crippen LogP contribution in [0, 0.1) is 11.8 Å². The highest BCUT2D eigenvalue weighted by Crippen LogP contribution is 2.43. The summed E-state index contributed by atoms with van der Waals surface area (Å²) in [6.07, 6.45) is 12.8. The number of nitrogens with zero attached hydrogens (tertiary/aromatic N) is 1. The van der Waals surface area contributed by atoms with Crippen molar-refractivity contribution in [3.63, 3.8) is 0 Å². The van der Waals surface area contributed by atoms with Gasteiger partial charge >= 0.3 is 5.97 Å². The van der Waals surface area contributed by atoms with Crippen molar-refractivity contribution in [1.82, 2.24) is 0 Å². The molecule has 1 fully saturated rings. The number of carbonyl (C=O) groups is 1. The lowest BCUT2D eigenvalue weighted by atomic mass is 9.80. The maximum atomic E-state index is 12.5. The third-order valence-corrected chi connectivity index (χ3v) is 9.76. The number of allylic oxidation sites excluding steroid dienone is 2. The molecule has 0 aliphatic heterocycles. The van der Waals surface area contributed by atoms with Gasteiger partial charge in [-0.25, -0.2) is 4.79 Å². The summed E-state index contributed by atoms with van der Waals surface area (Å²) in [5.74, 6) is 0.796. The zero-order chi connectivity index (χ0) is 25.2. The first kappa shape index (κ1) is 25.3. The summed E-state index contributed by atoms with van der Waals surface area (Å²) in [6, 6.07) is 8.38. The number of anilines is 1. The highest BCUT2D eigenvalue weighted by molar-refractivity contribution is 7.15. The fourth-order valence-corrected chi connectivity index (χ4v) is 7.45. The maximum absolute atomic E-state index is 12.5. The average Bonchev–Trinajstić information content (AvgIpc) is 3.34.